The molecule has 0 aliphatic carbocycles. The molecule has 11 heteroatoms. The number of thioether (sulfide) groups is 1. The van der Waals surface area contributed by atoms with Gasteiger partial charge in [-0.3, -0.25) is 14.5 Å². The van der Waals surface area contributed by atoms with E-state index >= 15 is 0 Å². The quantitative estimate of drug-likeness (QED) is 0.310. The Morgan fingerprint density at radius 3 is 2.45 bits per heavy atom. The first-order valence-electron chi connectivity index (χ1n) is 8.65. The molecular formula is C20H15Cl3N2O4S2. The van der Waals surface area contributed by atoms with Crippen molar-refractivity contribution in [3.8, 4) is 11.5 Å². The van der Waals surface area contributed by atoms with Crippen LogP contribution in [0, 0.1) is 0 Å². The molecule has 162 valence electrons. The number of hydrogen-bond donors (Lipinski definition) is 1. The predicted octanol–water partition coefficient (Wildman–Crippen LogP) is 5.50. The molecule has 1 N–H and O–H groups in total. The second-order valence-electron chi connectivity index (χ2n) is 6.18. The Morgan fingerprint density at radius 1 is 1.10 bits per heavy atom. The lowest BCUT2D eigenvalue weighted by Crippen LogP contribution is -2.36. The summed E-state index contributed by atoms with van der Waals surface area (Å²) in [7, 11) is 3.07. The number of thiocarbonyl (C=S) groups is 1. The Bertz CT molecular complexity index is 1110. The monoisotopic (exact) mass is 516 g/mol. The normalized spacial score (nSPS) is 14.9. The minimum atomic E-state index is -0.482. The van der Waals surface area contributed by atoms with Gasteiger partial charge in [-0.25, -0.2) is 0 Å². The number of halogens is 3. The SMILES string of the molecule is COc1ccc(C=C2SC(=S)N(CC(=O)Nc3cc(Cl)c(Cl)cc3Cl)C2=O)cc1OC. The molecule has 2 aromatic rings. The summed E-state index contributed by atoms with van der Waals surface area (Å²) < 4.78 is 10.8. The fraction of sp³-hybridized carbons (Fsp3) is 0.150. The van der Waals surface area contributed by atoms with Crippen molar-refractivity contribution in [2.75, 3.05) is 26.1 Å². The van der Waals surface area contributed by atoms with E-state index in [1.54, 1.807) is 31.4 Å². The summed E-state index contributed by atoms with van der Waals surface area (Å²) in [6, 6.07) is 8.12. The molecule has 31 heavy (non-hydrogen) atoms. The average molecular weight is 518 g/mol. The summed E-state index contributed by atoms with van der Waals surface area (Å²) >= 11 is 24.3. The Kier molecular flexibility index (Phi) is 7.72. The molecule has 6 nitrogen and oxygen atoms in total. The number of rotatable bonds is 6. The highest BCUT2D eigenvalue weighted by atomic mass is 35.5. The van der Waals surface area contributed by atoms with Crippen molar-refractivity contribution >= 4 is 86.7 Å². The number of amides is 2. The summed E-state index contributed by atoms with van der Waals surface area (Å²) in [5.41, 5.74) is 1.01. The molecule has 0 aromatic heterocycles. The third-order valence-corrected chi connectivity index (χ3v) is 6.58. The summed E-state index contributed by atoms with van der Waals surface area (Å²) in [4.78, 5) is 26.9. The Labute approximate surface area is 203 Å². The largest absolute Gasteiger partial charge is 0.493 e. The van der Waals surface area contributed by atoms with Crippen LogP contribution in [0.3, 0.4) is 0 Å². The van der Waals surface area contributed by atoms with E-state index in [4.69, 9.17) is 56.5 Å². The third-order valence-electron chi connectivity index (χ3n) is 4.16. The second kappa shape index (κ2) is 10.1. The van der Waals surface area contributed by atoms with Gasteiger partial charge in [0.1, 0.15) is 10.9 Å². The fourth-order valence-corrected chi connectivity index (χ4v) is 4.53. The first-order valence-corrected chi connectivity index (χ1v) is 11.0. The van der Waals surface area contributed by atoms with Crippen molar-refractivity contribution in [2.45, 2.75) is 0 Å². The molecular weight excluding hydrogens is 503 g/mol. The average Bonchev–Trinajstić information content (AvgIpc) is 2.99. The topological polar surface area (TPSA) is 67.9 Å². The number of hydrogen-bond acceptors (Lipinski definition) is 6. The van der Waals surface area contributed by atoms with E-state index in [0.717, 1.165) is 17.3 Å². The maximum absolute atomic E-state index is 12.8. The van der Waals surface area contributed by atoms with E-state index in [1.807, 2.05) is 0 Å². The molecule has 1 aliphatic heterocycles. The summed E-state index contributed by atoms with van der Waals surface area (Å²) in [6.07, 6.45) is 1.68. The van der Waals surface area contributed by atoms with Crippen molar-refractivity contribution in [3.63, 3.8) is 0 Å². The lowest BCUT2D eigenvalue weighted by molar-refractivity contribution is -0.126. The van der Waals surface area contributed by atoms with Gasteiger partial charge in [-0.05, 0) is 35.9 Å². The highest BCUT2D eigenvalue weighted by molar-refractivity contribution is 8.26. The fourth-order valence-electron chi connectivity index (χ4n) is 2.68. The van der Waals surface area contributed by atoms with Gasteiger partial charge in [0.15, 0.2) is 11.5 Å². The molecule has 3 rings (SSSR count). The Morgan fingerprint density at radius 2 is 1.77 bits per heavy atom. The number of anilines is 1. The maximum atomic E-state index is 12.8. The van der Waals surface area contributed by atoms with Crippen LogP contribution in [0.15, 0.2) is 35.2 Å². The van der Waals surface area contributed by atoms with Crippen LogP contribution < -0.4 is 14.8 Å². The number of carbonyl (C=O) groups is 2. The van der Waals surface area contributed by atoms with Gasteiger partial charge >= 0.3 is 0 Å². The standard InChI is InChI=1S/C20H15Cl3N2O4S2/c1-28-15-4-3-10(5-16(15)29-2)6-17-19(27)25(20(30)31-17)9-18(26)24-14-8-12(22)11(21)7-13(14)23/h3-8H,9H2,1-2H3,(H,24,26). The van der Waals surface area contributed by atoms with Crippen molar-refractivity contribution in [2.24, 2.45) is 0 Å². The van der Waals surface area contributed by atoms with E-state index in [0.29, 0.717) is 16.4 Å². The van der Waals surface area contributed by atoms with Crippen molar-refractivity contribution < 1.29 is 19.1 Å². The zero-order valence-corrected chi connectivity index (χ0v) is 20.1. The first-order chi connectivity index (χ1) is 14.7. The highest BCUT2D eigenvalue weighted by Gasteiger charge is 2.33. The minimum absolute atomic E-state index is 0.224. The van der Waals surface area contributed by atoms with Crippen LogP contribution in [-0.4, -0.2) is 41.8 Å². The van der Waals surface area contributed by atoms with Crippen molar-refractivity contribution in [1.29, 1.82) is 0 Å². The lowest BCUT2D eigenvalue weighted by Gasteiger charge is -2.15. The van der Waals surface area contributed by atoms with Crippen LogP contribution in [0.25, 0.3) is 6.08 Å². The molecule has 0 unspecified atom stereocenters. The van der Waals surface area contributed by atoms with E-state index in [9.17, 15) is 9.59 Å². The first kappa shape index (κ1) is 23.7. The number of ether oxygens (including phenoxy) is 2. The zero-order valence-electron chi connectivity index (χ0n) is 16.2. The molecule has 1 aliphatic rings. The Balaban J connectivity index is 1.74. The molecule has 0 atom stereocenters. The van der Waals surface area contributed by atoms with Gasteiger partial charge < -0.3 is 14.8 Å². The molecule has 0 saturated carbocycles. The Hall–Kier alpha value is -1.97. The second-order valence-corrected chi connectivity index (χ2v) is 9.07. The van der Waals surface area contributed by atoms with Crippen LogP contribution >= 0.6 is 58.8 Å². The van der Waals surface area contributed by atoms with Gasteiger partial charge in [0.25, 0.3) is 5.91 Å². The zero-order chi connectivity index (χ0) is 22.7. The lowest BCUT2D eigenvalue weighted by atomic mass is 10.2. The van der Waals surface area contributed by atoms with Gasteiger partial charge in [-0.1, -0.05) is 64.8 Å². The van der Waals surface area contributed by atoms with Crippen LogP contribution in [-0.2, 0) is 9.59 Å². The van der Waals surface area contributed by atoms with E-state index in [-0.39, 0.29) is 37.5 Å². The van der Waals surface area contributed by atoms with Crippen molar-refractivity contribution in [1.82, 2.24) is 4.90 Å². The van der Waals surface area contributed by atoms with E-state index < -0.39 is 5.91 Å². The number of carbonyl (C=O) groups excluding carboxylic acids is 2. The van der Waals surface area contributed by atoms with Gasteiger partial charge in [0, 0.05) is 0 Å². The van der Waals surface area contributed by atoms with Crippen LogP contribution in [0.2, 0.25) is 15.1 Å². The summed E-state index contributed by atoms with van der Waals surface area (Å²) in [6.45, 7) is -0.273. The van der Waals surface area contributed by atoms with Gasteiger partial charge in [-0.15, -0.1) is 0 Å². The van der Waals surface area contributed by atoms with Gasteiger partial charge in [-0.2, -0.15) is 0 Å². The molecule has 1 heterocycles. The van der Waals surface area contributed by atoms with Crippen LogP contribution in [0.4, 0.5) is 5.69 Å². The molecule has 1 saturated heterocycles. The predicted molar refractivity (Wildman–Crippen MR) is 130 cm³/mol. The van der Waals surface area contributed by atoms with Crippen molar-refractivity contribution in [3.05, 3.63) is 55.9 Å². The van der Waals surface area contributed by atoms with Crippen LogP contribution in [0.1, 0.15) is 5.56 Å². The summed E-state index contributed by atoms with van der Waals surface area (Å²) in [5, 5.41) is 3.34. The van der Waals surface area contributed by atoms with Gasteiger partial charge in [0.2, 0.25) is 5.91 Å². The third kappa shape index (κ3) is 5.45. The molecule has 0 spiro atoms. The smallest absolute Gasteiger partial charge is 0.266 e. The molecule has 0 radical (unpaired) electrons. The molecule has 1 fully saturated rings. The van der Waals surface area contributed by atoms with Gasteiger partial charge in [0.05, 0.1) is 39.9 Å². The highest BCUT2D eigenvalue weighted by Crippen LogP contribution is 2.35. The number of nitrogens with zero attached hydrogens (tertiary/aromatic N) is 1. The molecule has 2 aromatic carbocycles. The number of nitrogens with one attached hydrogen (secondary N) is 1. The van der Waals surface area contributed by atoms with E-state index in [2.05, 4.69) is 5.32 Å². The maximum Gasteiger partial charge on any atom is 0.266 e. The number of methoxy groups -OCH3 is 2. The molecule has 0 bridgehead atoms. The summed E-state index contributed by atoms with van der Waals surface area (Å²) in [5.74, 6) is 0.249. The minimum Gasteiger partial charge on any atom is -0.493 e. The van der Waals surface area contributed by atoms with Crippen LogP contribution in [0.5, 0.6) is 11.5 Å². The van der Waals surface area contributed by atoms with E-state index in [1.165, 1.54) is 24.1 Å². The molecule has 2 amide bonds. The number of benzene rings is 2.